The number of benzene rings is 6. The van der Waals surface area contributed by atoms with Crippen LogP contribution < -0.4 is 31.8 Å². The molecule has 0 aliphatic rings. The Hall–Kier alpha value is -3.82. The number of rotatable bonds is 10. The quantitative estimate of drug-likeness (QED) is 0.134. The predicted octanol–water partition coefficient (Wildman–Crippen LogP) is 9.04. The molecule has 6 aromatic rings. The van der Waals surface area contributed by atoms with Crippen LogP contribution in [-0.4, -0.2) is 0 Å². The molecule has 0 atom stereocenters. The summed E-state index contributed by atoms with van der Waals surface area (Å²) < 4.78 is 0. The molecule has 0 aliphatic heterocycles. The molecule has 6 rings (SSSR count). The van der Waals surface area contributed by atoms with Gasteiger partial charge >= 0.3 is 0 Å². The highest BCUT2D eigenvalue weighted by atomic mass is 31.1. The maximum atomic E-state index is 2.52. The summed E-state index contributed by atoms with van der Waals surface area (Å²) in [7, 11) is -1.46. The van der Waals surface area contributed by atoms with Gasteiger partial charge in [0.2, 0.25) is 0 Å². The Labute approximate surface area is 272 Å². The van der Waals surface area contributed by atoms with Crippen molar-refractivity contribution in [1.29, 1.82) is 0 Å². The smallest absolute Gasteiger partial charge is 0.00126 e. The highest BCUT2D eigenvalue weighted by molar-refractivity contribution is 7.80. The zero-order valence-corrected chi connectivity index (χ0v) is 28.6. The van der Waals surface area contributed by atoms with Gasteiger partial charge in [0.1, 0.15) is 0 Å². The summed E-state index contributed by atoms with van der Waals surface area (Å²) in [5.74, 6) is 0.928. The van der Waals surface area contributed by atoms with E-state index in [1.165, 1.54) is 54.1 Å². The van der Waals surface area contributed by atoms with E-state index in [1.54, 1.807) is 0 Å². The standard InChI is InChI=1S/C43H42P2/c1-32(2)34-25-27-36(42(30-34)44(38-17-9-5-10-18-38)39-19-11-6-12-20-39)29-37-28-26-35(33(3)4)31-43(37)45(40-21-13-7-14-22-40)41-23-15-8-16-24-41/h5-28,30-33H,29H2,1-4H3. The molecular weight excluding hydrogens is 578 g/mol. The molecule has 0 aromatic heterocycles. The third-order valence-corrected chi connectivity index (χ3v) is 13.5. The number of hydrogen-bond donors (Lipinski definition) is 0. The largest absolute Gasteiger partial charge is 0.0622 e. The topological polar surface area (TPSA) is 0 Å². The van der Waals surface area contributed by atoms with E-state index in [9.17, 15) is 0 Å². The van der Waals surface area contributed by atoms with E-state index in [2.05, 4.69) is 185 Å². The van der Waals surface area contributed by atoms with Crippen molar-refractivity contribution in [2.24, 2.45) is 0 Å². The van der Waals surface area contributed by atoms with E-state index >= 15 is 0 Å². The molecule has 0 N–H and O–H groups in total. The van der Waals surface area contributed by atoms with Crippen LogP contribution in [-0.2, 0) is 6.42 Å². The van der Waals surface area contributed by atoms with Crippen LogP contribution in [0.15, 0.2) is 158 Å². The minimum atomic E-state index is -0.728. The van der Waals surface area contributed by atoms with Crippen LogP contribution in [0.3, 0.4) is 0 Å². The molecule has 0 fully saturated rings. The molecule has 0 aliphatic carbocycles. The average molecular weight is 621 g/mol. The molecule has 0 saturated heterocycles. The molecule has 2 heteroatoms. The first-order valence-electron chi connectivity index (χ1n) is 16.1. The maximum Gasteiger partial charge on any atom is -0.00126 e. The van der Waals surface area contributed by atoms with Gasteiger partial charge in [-0.25, -0.2) is 0 Å². The fourth-order valence-electron chi connectivity index (χ4n) is 5.96. The van der Waals surface area contributed by atoms with Gasteiger partial charge in [0.05, 0.1) is 0 Å². The van der Waals surface area contributed by atoms with Gasteiger partial charge in [0, 0.05) is 0 Å². The van der Waals surface area contributed by atoms with Crippen LogP contribution in [0.1, 0.15) is 61.8 Å². The van der Waals surface area contributed by atoms with Crippen molar-refractivity contribution in [3.63, 3.8) is 0 Å². The van der Waals surface area contributed by atoms with E-state index in [-0.39, 0.29) is 0 Å². The molecule has 0 nitrogen and oxygen atoms in total. The lowest BCUT2D eigenvalue weighted by atomic mass is 9.96. The summed E-state index contributed by atoms with van der Waals surface area (Å²) in [6, 6.07) is 59.2. The highest BCUT2D eigenvalue weighted by Gasteiger charge is 2.24. The molecule has 0 heterocycles. The van der Waals surface area contributed by atoms with Crippen LogP contribution in [0.25, 0.3) is 0 Å². The summed E-state index contributed by atoms with van der Waals surface area (Å²) in [6.07, 6.45) is 0.901. The maximum absolute atomic E-state index is 2.52. The second-order valence-electron chi connectivity index (χ2n) is 12.3. The SMILES string of the molecule is CC(C)c1ccc(Cc2ccc(C(C)C)cc2P(c2ccccc2)c2ccccc2)c(P(c2ccccc2)c2ccccc2)c1. The zero-order chi connectivity index (χ0) is 31.2. The molecule has 0 unspecified atom stereocenters. The average Bonchev–Trinajstić information content (AvgIpc) is 3.08. The van der Waals surface area contributed by atoms with E-state index in [0.29, 0.717) is 11.8 Å². The van der Waals surface area contributed by atoms with E-state index in [4.69, 9.17) is 0 Å². The van der Waals surface area contributed by atoms with E-state index < -0.39 is 15.8 Å². The van der Waals surface area contributed by atoms with E-state index in [0.717, 1.165) is 6.42 Å². The lowest BCUT2D eigenvalue weighted by molar-refractivity contribution is 0.866. The van der Waals surface area contributed by atoms with Crippen molar-refractivity contribution in [3.05, 3.63) is 180 Å². The van der Waals surface area contributed by atoms with Crippen molar-refractivity contribution in [2.75, 3.05) is 0 Å². The summed E-state index contributed by atoms with van der Waals surface area (Å²) in [4.78, 5) is 0. The monoisotopic (exact) mass is 620 g/mol. The molecule has 0 amide bonds. The first-order valence-corrected chi connectivity index (χ1v) is 18.7. The fourth-order valence-corrected chi connectivity index (χ4v) is 11.0. The second-order valence-corrected chi connectivity index (χ2v) is 16.6. The van der Waals surface area contributed by atoms with Crippen molar-refractivity contribution in [1.82, 2.24) is 0 Å². The molecule has 0 saturated carbocycles. The Morgan fingerprint density at radius 2 is 0.667 bits per heavy atom. The van der Waals surface area contributed by atoms with Crippen molar-refractivity contribution < 1.29 is 0 Å². The first kappa shape index (κ1) is 31.2. The first-order chi connectivity index (χ1) is 22.0. The highest BCUT2D eigenvalue weighted by Crippen LogP contribution is 2.38. The third kappa shape index (κ3) is 7.20. The molecule has 45 heavy (non-hydrogen) atoms. The van der Waals surface area contributed by atoms with Crippen molar-refractivity contribution in [2.45, 2.75) is 46.0 Å². The molecule has 0 spiro atoms. The van der Waals surface area contributed by atoms with Crippen LogP contribution in [0, 0.1) is 0 Å². The zero-order valence-electron chi connectivity index (χ0n) is 26.8. The summed E-state index contributed by atoms with van der Waals surface area (Å²) >= 11 is 0. The molecular formula is C43H42P2. The molecule has 224 valence electrons. The lowest BCUT2D eigenvalue weighted by Crippen LogP contribution is -2.27. The lowest BCUT2D eigenvalue weighted by Gasteiger charge is -2.26. The van der Waals surface area contributed by atoms with Gasteiger partial charge in [-0.05, 0) is 88.2 Å². The number of hydrogen-bond acceptors (Lipinski definition) is 0. The Kier molecular flexibility index (Phi) is 10.1. The Bertz CT molecular complexity index is 1600. The summed E-state index contributed by atoms with van der Waals surface area (Å²) in [6.45, 7) is 9.23. The van der Waals surface area contributed by atoms with Gasteiger partial charge in [-0.2, -0.15) is 0 Å². The summed E-state index contributed by atoms with van der Waals surface area (Å²) in [5.41, 5.74) is 5.65. The minimum Gasteiger partial charge on any atom is -0.0622 e. The third-order valence-electron chi connectivity index (χ3n) is 8.47. The van der Waals surface area contributed by atoms with Crippen molar-refractivity contribution >= 4 is 47.7 Å². The van der Waals surface area contributed by atoms with Crippen LogP contribution in [0.2, 0.25) is 0 Å². The van der Waals surface area contributed by atoms with Crippen LogP contribution in [0.4, 0.5) is 0 Å². The van der Waals surface area contributed by atoms with Gasteiger partial charge < -0.3 is 0 Å². The van der Waals surface area contributed by atoms with Crippen molar-refractivity contribution in [3.8, 4) is 0 Å². The summed E-state index contributed by atoms with van der Waals surface area (Å²) in [5, 5.41) is 8.52. The van der Waals surface area contributed by atoms with Crippen LogP contribution >= 0.6 is 15.8 Å². The van der Waals surface area contributed by atoms with Gasteiger partial charge in [0.15, 0.2) is 0 Å². The Morgan fingerprint density at radius 3 is 0.933 bits per heavy atom. The predicted molar refractivity (Wildman–Crippen MR) is 201 cm³/mol. The molecule has 0 bridgehead atoms. The van der Waals surface area contributed by atoms with Gasteiger partial charge in [0.25, 0.3) is 0 Å². The normalized spacial score (nSPS) is 11.6. The van der Waals surface area contributed by atoms with Gasteiger partial charge in [-0.3, -0.25) is 0 Å². The van der Waals surface area contributed by atoms with Gasteiger partial charge in [-0.1, -0.05) is 185 Å². The second kappa shape index (κ2) is 14.5. The van der Waals surface area contributed by atoms with Crippen LogP contribution in [0.5, 0.6) is 0 Å². The van der Waals surface area contributed by atoms with Gasteiger partial charge in [-0.15, -0.1) is 0 Å². The Morgan fingerprint density at radius 1 is 0.378 bits per heavy atom. The van der Waals surface area contributed by atoms with E-state index in [1.807, 2.05) is 0 Å². The molecule has 0 radical (unpaired) electrons. The fraction of sp³-hybridized carbons (Fsp3) is 0.163. The molecule has 6 aromatic carbocycles. The Balaban J connectivity index is 1.55. The minimum absolute atomic E-state index is 0.464.